The molecule has 2 aliphatic rings. The number of hydrogen-bond donors (Lipinski definition) is 2. The Labute approximate surface area is 179 Å². The predicted octanol–water partition coefficient (Wildman–Crippen LogP) is 4.01. The van der Waals surface area contributed by atoms with Crippen LogP contribution in [0.25, 0.3) is 11.3 Å². The fourth-order valence-electron chi connectivity index (χ4n) is 4.14. The summed E-state index contributed by atoms with van der Waals surface area (Å²) in [6.45, 7) is 4.39. The van der Waals surface area contributed by atoms with Crippen molar-refractivity contribution in [1.29, 1.82) is 0 Å². The molecule has 2 aromatic rings. The minimum atomic E-state index is -0.690. The van der Waals surface area contributed by atoms with E-state index in [0.717, 1.165) is 24.1 Å². The molecule has 0 radical (unpaired) electrons. The fraction of sp³-hybridized carbons (Fsp3) is 0.455. The number of amides is 4. The van der Waals surface area contributed by atoms with E-state index >= 15 is 0 Å². The van der Waals surface area contributed by atoms with Gasteiger partial charge in [0.1, 0.15) is 5.54 Å². The Morgan fingerprint density at radius 3 is 2.73 bits per heavy atom. The van der Waals surface area contributed by atoms with Crippen molar-refractivity contribution >= 4 is 34.3 Å². The van der Waals surface area contributed by atoms with Crippen LogP contribution in [0.3, 0.4) is 0 Å². The summed E-state index contributed by atoms with van der Waals surface area (Å²) in [5.41, 5.74) is 3.59. The largest absolute Gasteiger partial charge is 0.325 e. The molecule has 2 fully saturated rings. The highest BCUT2D eigenvalue weighted by Gasteiger charge is 2.52. The molecule has 4 rings (SSSR count). The van der Waals surface area contributed by atoms with Crippen molar-refractivity contribution in [2.24, 2.45) is 0 Å². The van der Waals surface area contributed by atoms with Gasteiger partial charge in [-0.05, 0) is 50.3 Å². The molecule has 1 aromatic heterocycles. The number of aromatic nitrogens is 1. The van der Waals surface area contributed by atoms with E-state index in [9.17, 15) is 14.4 Å². The molecule has 30 heavy (non-hydrogen) atoms. The first-order valence-electron chi connectivity index (χ1n) is 10.4. The summed E-state index contributed by atoms with van der Waals surface area (Å²) in [6, 6.07) is 5.84. The van der Waals surface area contributed by atoms with E-state index < -0.39 is 5.54 Å². The van der Waals surface area contributed by atoms with Crippen molar-refractivity contribution in [2.75, 3.05) is 11.9 Å². The quantitative estimate of drug-likeness (QED) is 0.683. The molecule has 1 aliphatic carbocycles. The van der Waals surface area contributed by atoms with Gasteiger partial charge in [0.05, 0.1) is 5.69 Å². The molecule has 1 saturated heterocycles. The average molecular weight is 427 g/mol. The third-order valence-corrected chi connectivity index (χ3v) is 6.80. The van der Waals surface area contributed by atoms with E-state index in [0.29, 0.717) is 24.4 Å². The molecular formula is C22H26N4O3S. The molecule has 1 saturated carbocycles. The second-order valence-electron chi connectivity index (χ2n) is 8.16. The van der Waals surface area contributed by atoms with Crippen molar-refractivity contribution in [3.63, 3.8) is 0 Å². The normalized spacial score (nSPS) is 17.6. The molecule has 0 unspecified atom stereocenters. The van der Waals surface area contributed by atoms with Gasteiger partial charge in [0.2, 0.25) is 5.91 Å². The van der Waals surface area contributed by atoms with Crippen LogP contribution in [-0.4, -0.2) is 39.8 Å². The lowest BCUT2D eigenvalue weighted by Gasteiger charge is -2.19. The summed E-state index contributed by atoms with van der Waals surface area (Å²) in [5.74, 6) is -0.304. The van der Waals surface area contributed by atoms with Crippen LogP contribution in [-0.2, 0) is 9.59 Å². The summed E-state index contributed by atoms with van der Waals surface area (Å²) in [7, 11) is 0. The van der Waals surface area contributed by atoms with Crippen molar-refractivity contribution in [2.45, 2.75) is 57.9 Å². The Morgan fingerprint density at radius 1 is 1.23 bits per heavy atom. The van der Waals surface area contributed by atoms with Gasteiger partial charge in [-0.1, -0.05) is 25.0 Å². The minimum absolute atomic E-state index is 0.136. The first-order chi connectivity index (χ1) is 14.4. The molecular weight excluding hydrogens is 400 g/mol. The van der Waals surface area contributed by atoms with Gasteiger partial charge in [-0.2, -0.15) is 0 Å². The number of aryl methyl sites for hydroxylation is 2. The van der Waals surface area contributed by atoms with E-state index in [-0.39, 0.29) is 30.8 Å². The average Bonchev–Trinajstić information content (AvgIpc) is 3.41. The number of anilines is 1. The van der Waals surface area contributed by atoms with E-state index in [1.165, 1.54) is 27.4 Å². The zero-order valence-electron chi connectivity index (χ0n) is 17.3. The predicted molar refractivity (Wildman–Crippen MR) is 116 cm³/mol. The molecule has 1 aliphatic heterocycles. The lowest BCUT2D eigenvalue weighted by molar-refractivity contribution is -0.131. The van der Waals surface area contributed by atoms with Gasteiger partial charge in [0, 0.05) is 23.9 Å². The molecule has 0 bridgehead atoms. The Balaban J connectivity index is 1.28. The Morgan fingerprint density at radius 2 is 2.00 bits per heavy atom. The van der Waals surface area contributed by atoms with Crippen LogP contribution in [0, 0.1) is 13.8 Å². The monoisotopic (exact) mass is 426 g/mol. The molecule has 158 valence electrons. The number of nitrogens with one attached hydrogen (secondary N) is 2. The molecule has 1 aromatic carbocycles. The van der Waals surface area contributed by atoms with Crippen molar-refractivity contribution in [3.8, 4) is 11.3 Å². The highest BCUT2D eigenvalue weighted by molar-refractivity contribution is 7.14. The van der Waals surface area contributed by atoms with E-state index in [1.807, 2.05) is 11.4 Å². The highest BCUT2D eigenvalue weighted by Crippen LogP contribution is 2.35. The first kappa shape index (κ1) is 20.5. The number of nitrogens with zero attached hydrogens (tertiary/aromatic N) is 2. The molecule has 8 heteroatoms. The molecule has 2 heterocycles. The minimum Gasteiger partial charge on any atom is -0.323 e. The van der Waals surface area contributed by atoms with Gasteiger partial charge < -0.3 is 10.6 Å². The van der Waals surface area contributed by atoms with Gasteiger partial charge in [-0.25, -0.2) is 9.78 Å². The second kappa shape index (κ2) is 8.18. The Kier molecular flexibility index (Phi) is 5.60. The Hall–Kier alpha value is -2.74. The third kappa shape index (κ3) is 3.96. The SMILES string of the molecule is Cc1ccc(-c2csc(NC(=O)CCCN3C(=O)NC4(CCCC4)C3=O)n2)cc1C. The number of carbonyl (C=O) groups excluding carboxylic acids is 3. The zero-order chi connectivity index (χ0) is 21.3. The van der Waals surface area contributed by atoms with Gasteiger partial charge >= 0.3 is 6.03 Å². The number of thiazole rings is 1. The smallest absolute Gasteiger partial charge is 0.323 e. The summed E-state index contributed by atoms with van der Waals surface area (Å²) >= 11 is 1.38. The highest BCUT2D eigenvalue weighted by atomic mass is 32.1. The number of hydrogen-bond acceptors (Lipinski definition) is 5. The number of imide groups is 1. The maximum Gasteiger partial charge on any atom is 0.325 e. The van der Waals surface area contributed by atoms with E-state index in [1.54, 1.807) is 0 Å². The summed E-state index contributed by atoms with van der Waals surface area (Å²) in [4.78, 5) is 42.9. The molecule has 1 spiro atoms. The summed E-state index contributed by atoms with van der Waals surface area (Å²) in [5, 5.41) is 8.15. The third-order valence-electron chi connectivity index (χ3n) is 6.04. The van der Waals surface area contributed by atoms with Crippen LogP contribution >= 0.6 is 11.3 Å². The van der Waals surface area contributed by atoms with Crippen LogP contribution in [0.5, 0.6) is 0 Å². The summed E-state index contributed by atoms with van der Waals surface area (Å²) in [6.07, 6.45) is 3.99. The van der Waals surface area contributed by atoms with E-state index in [4.69, 9.17) is 0 Å². The Bertz CT molecular complexity index is 994. The van der Waals surface area contributed by atoms with Crippen molar-refractivity contribution in [3.05, 3.63) is 34.7 Å². The van der Waals surface area contributed by atoms with Gasteiger partial charge in [0.25, 0.3) is 5.91 Å². The number of urea groups is 1. The second-order valence-corrected chi connectivity index (χ2v) is 9.02. The standard InChI is InChI=1S/C22H26N4O3S/c1-14-7-8-16(12-15(14)2)17-13-30-20(23-17)24-18(27)6-5-11-26-19(28)22(25-21(26)29)9-3-4-10-22/h7-8,12-13H,3-6,9-11H2,1-2H3,(H,25,29)(H,23,24,27). The summed E-state index contributed by atoms with van der Waals surface area (Å²) < 4.78 is 0. The zero-order valence-corrected chi connectivity index (χ0v) is 18.1. The molecule has 4 amide bonds. The van der Waals surface area contributed by atoms with Crippen molar-refractivity contribution < 1.29 is 14.4 Å². The van der Waals surface area contributed by atoms with Crippen molar-refractivity contribution in [1.82, 2.24) is 15.2 Å². The lowest BCUT2D eigenvalue weighted by Crippen LogP contribution is -2.44. The molecule has 7 nitrogen and oxygen atoms in total. The van der Waals surface area contributed by atoms with Crippen LogP contribution < -0.4 is 10.6 Å². The van der Waals surface area contributed by atoms with Crippen LogP contribution in [0.2, 0.25) is 0 Å². The van der Waals surface area contributed by atoms with Gasteiger partial charge in [-0.15, -0.1) is 11.3 Å². The fourth-order valence-corrected chi connectivity index (χ4v) is 4.88. The van der Waals surface area contributed by atoms with Gasteiger partial charge in [0.15, 0.2) is 5.13 Å². The van der Waals surface area contributed by atoms with Crippen LogP contribution in [0.15, 0.2) is 23.6 Å². The topological polar surface area (TPSA) is 91.4 Å². The first-order valence-corrected chi connectivity index (χ1v) is 11.2. The van der Waals surface area contributed by atoms with Crippen LogP contribution in [0.4, 0.5) is 9.93 Å². The molecule has 2 N–H and O–H groups in total. The molecule has 0 atom stereocenters. The van der Waals surface area contributed by atoms with E-state index in [2.05, 4.69) is 41.6 Å². The van der Waals surface area contributed by atoms with Gasteiger partial charge in [-0.3, -0.25) is 14.5 Å². The number of carbonyl (C=O) groups is 3. The maximum absolute atomic E-state index is 12.6. The van der Waals surface area contributed by atoms with Crippen LogP contribution in [0.1, 0.15) is 49.7 Å². The maximum atomic E-state index is 12.6. The lowest BCUT2D eigenvalue weighted by atomic mass is 9.98. The number of rotatable bonds is 6. The number of benzene rings is 1.